The molecule has 0 saturated heterocycles. The molecule has 2 fully saturated rings. The van der Waals surface area contributed by atoms with Gasteiger partial charge in [0.2, 0.25) is 5.95 Å². The molecule has 0 unspecified atom stereocenters. The number of imidazole rings is 1. The molecule has 1 atom stereocenters. The first-order valence-corrected chi connectivity index (χ1v) is 12.5. The number of rotatable bonds is 9. The Morgan fingerprint density at radius 1 is 1.11 bits per heavy atom. The summed E-state index contributed by atoms with van der Waals surface area (Å²) < 4.78 is 15.0. The summed E-state index contributed by atoms with van der Waals surface area (Å²) in [5.41, 5.74) is 7.62. The molecule has 36 heavy (non-hydrogen) atoms. The number of nitrogens with two attached hydrogens (primary N) is 1. The number of hydrogen-bond donors (Lipinski definition) is 4. The fourth-order valence-electron chi connectivity index (χ4n) is 4.61. The number of nitrogens with zero attached hydrogens (tertiary/aromatic N) is 4. The van der Waals surface area contributed by atoms with Crippen LogP contribution in [0.5, 0.6) is 0 Å². The topological polar surface area (TPSA) is 139 Å². The van der Waals surface area contributed by atoms with Gasteiger partial charge in [0.25, 0.3) is 5.91 Å². The summed E-state index contributed by atoms with van der Waals surface area (Å²) in [6.45, 7) is 1.74. The minimum atomic E-state index is -0.678. The SMILES string of the molecule is C[C@H](N)C(=O)CC1CCC(Nc2cc(NC3CC3)c3ncc(C(=O)Nc4ccnc(F)c4)n3n2)CC1. The van der Waals surface area contributed by atoms with E-state index in [1.54, 1.807) is 6.92 Å². The lowest BCUT2D eigenvalue weighted by atomic mass is 9.82. The summed E-state index contributed by atoms with van der Waals surface area (Å²) in [7, 11) is 0. The molecule has 5 N–H and O–H groups in total. The molecule has 0 aromatic carbocycles. The Kier molecular flexibility index (Phi) is 6.82. The zero-order valence-corrected chi connectivity index (χ0v) is 20.2. The third-order valence-corrected chi connectivity index (χ3v) is 6.82. The van der Waals surface area contributed by atoms with E-state index in [0.717, 1.165) is 50.3 Å². The maximum absolute atomic E-state index is 13.5. The number of amides is 1. The van der Waals surface area contributed by atoms with Crippen LogP contribution in [0.3, 0.4) is 0 Å². The van der Waals surface area contributed by atoms with Crippen LogP contribution in [-0.2, 0) is 4.79 Å². The van der Waals surface area contributed by atoms with Crippen LogP contribution in [0.25, 0.3) is 5.65 Å². The minimum Gasteiger partial charge on any atom is -0.379 e. The number of fused-ring (bicyclic) bond motifs is 1. The number of carbonyl (C=O) groups is 2. The van der Waals surface area contributed by atoms with Crippen molar-refractivity contribution < 1.29 is 14.0 Å². The van der Waals surface area contributed by atoms with E-state index in [0.29, 0.717) is 35.5 Å². The van der Waals surface area contributed by atoms with Crippen LogP contribution in [-0.4, -0.2) is 49.4 Å². The summed E-state index contributed by atoms with van der Waals surface area (Å²) in [6, 6.07) is 4.80. The number of ketones is 1. The first-order valence-electron chi connectivity index (χ1n) is 12.5. The van der Waals surface area contributed by atoms with Gasteiger partial charge >= 0.3 is 0 Å². The van der Waals surface area contributed by atoms with E-state index in [1.807, 2.05) is 6.07 Å². The van der Waals surface area contributed by atoms with Gasteiger partial charge < -0.3 is 21.7 Å². The fraction of sp³-hybridized carbons (Fsp3) is 0.480. The second-order valence-corrected chi connectivity index (χ2v) is 9.88. The van der Waals surface area contributed by atoms with Crippen LogP contribution in [0.1, 0.15) is 62.4 Å². The van der Waals surface area contributed by atoms with Gasteiger partial charge in [0.1, 0.15) is 11.6 Å². The van der Waals surface area contributed by atoms with Gasteiger partial charge in [-0.3, -0.25) is 9.59 Å². The largest absolute Gasteiger partial charge is 0.379 e. The van der Waals surface area contributed by atoms with Crippen LogP contribution in [0.2, 0.25) is 0 Å². The summed E-state index contributed by atoms with van der Waals surface area (Å²) in [5, 5.41) is 14.4. The first-order chi connectivity index (χ1) is 17.4. The van der Waals surface area contributed by atoms with E-state index in [4.69, 9.17) is 5.73 Å². The number of carbonyl (C=O) groups excluding carboxylic acids is 2. The number of pyridine rings is 1. The normalized spacial score (nSPS) is 20.6. The molecule has 2 saturated carbocycles. The molecular formula is C25H31FN8O2. The van der Waals surface area contributed by atoms with Crippen molar-refractivity contribution in [3.05, 3.63) is 42.2 Å². The van der Waals surface area contributed by atoms with Crippen LogP contribution in [0, 0.1) is 11.9 Å². The van der Waals surface area contributed by atoms with Gasteiger partial charge in [0.15, 0.2) is 11.3 Å². The lowest BCUT2D eigenvalue weighted by Gasteiger charge is -2.29. The molecule has 2 aliphatic rings. The number of halogens is 1. The number of nitrogens with one attached hydrogen (secondary N) is 3. The fourth-order valence-corrected chi connectivity index (χ4v) is 4.61. The molecule has 0 bridgehead atoms. The summed E-state index contributed by atoms with van der Waals surface area (Å²) in [4.78, 5) is 33.0. The highest BCUT2D eigenvalue weighted by Crippen LogP contribution is 2.31. The van der Waals surface area contributed by atoms with Crippen molar-refractivity contribution >= 4 is 34.5 Å². The van der Waals surface area contributed by atoms with Crippen LogP contribution in [0.15, 0.2) is 30.6 Å². The Balaban J connectivity index is 1.33. The summed E-state index contributed by atoms with van der Waals surface area (Å²) in [5.74, 6) is 0.00100. The predicted molar refractivity (Wildman–Crippen MR) is 134 cm³/mol. The number of Topliss-reactive ketones (excluding diaryl/α,β-unsaturated/α-hetero) is 1. The van der Waals surface area contributed by atoms with Crippen molar-refractivity contribution in [3.63, 3.8) is 0 Å². The third kappa shape index (κ3) is 5.62. The maximum Gasteiger partial charge on any atom is 0.276 e. The zero-order chi connectivity index (χ0) is 25.2. The van der Waals surface area contributed by atoms with Gasteiger partial charge in [0.05, 0.1) is 17.9 Å². The van der Waals surface area contributed by atoms with E-state index in [1.165, 1.54) is 23.0 Å². The highest BCUT2D eigenvalue weighted by molar-refractivity contribution is 6.03. The van der Waals surface area contributed by atoms with Crippen LogP contribution < -0.4 is 21.7 Å². The quantitative estimate of drug-likeness (QED) is 0.332. The van der Waals surface area contributed by atoms with Crippen molar-refractivity contribution in [2.24, 2.45) is 11.7 Å². The average molecular weight is 495 g/mol. The van der Waals surface area contributed by atoms with Gasteiger partial charge in [-0.1, -0.05) is 0 Å². The van der Waals surface area contributed by atoms with Crippen LogP contribution in [0.4, 0.5) is 21.6 Å². The van der Waals surface area contributed by atoms with Gasteiger partial charge in [0, 0.05) is 42.5 Å². The lowest BCUT2D eigenvalue weighted by molar-refractivity contribution is -0.121. The van der Waals surface area contributed by atoms with Gasteiger partial charge in [-0.25, -0.2) is 14.5 Å². The molecule has 0 aliphatic heterocycles. The molecule has 2 aliphatic carbocycles. The number of hydrogen-bond acceptors (Lipinski definition) is 8. The Bertz CT molecular complexity index is 1260. The molecule has 3 aromatic heterocycles. The molecule has 3 heterocycles. The Morgan fingerprint density at radius 2 is 1.83 bits per heavy atom. The molecule has 0 spiro atoms. The number of anilines is 3. The Hall–Kier alpha value is -3.60. The van der Waals surface area contributed by atoms with Crippen molar-refractivity contribution in [2.45, 2.75) is 70.0 Å². The Labute approximate surface area is 208 Å². The smallest absolute Gasteiger partial charge is 0.276 e. The van der Waals surface area contributed by atoms with E-state index >= 15 is 0 Å². The standard InChI is InChI=1S/C25H31FN8O2/c1-14(27)21(35)10-15-2-4-17(5-3-15)31-23-12-19(30-16-6-7-16)24-29-13-20(34(24)33-23)25(36)32-18-8-9-28-22(26)11-18/h8-9,11-17,30H,2-7,10,27H2,1H3,(H,31,33)(H,28,32,36)/t14-,15?,17?/m0/s1. The van der Waals surface area contributed by atoms with E-state index < -0.39 is 17.9 Å². The van der Waals surface area contributed by atoms with Gasteiger partial charge in [-0.2, -0.15) is 4.39 Å². The minimum absolute atomic E-state index is 0.120. The van der Waals surface area contributed by atoms with Crippen molar-refractivity contribution in [2.75, 3.05) is 16.0 Å². The molecule has 0 radical (unpaired) electrons. The molecular weight excluding hydrogens is 463 g/mol. The molecule has 11 heteroatoms. The van der Waals surface area contributed by atoms with Crippen molar-refractivity contribution in [3.8, 4) is 0 Å². The van der Waals surface area contributed by atoms with Gasteiger partial charge in [-0.15, -0.1) is 5.10 Å². The third-order valence-electron chi connectivity index (χ3n) is 6.82. The molecule has 5 rings (SSSR count). The van der Waals surface area contributed by atoms with E-state index in [2.05, 4.69) is 31.0 Å². The lowest BCUT2D eigenvalue weighted by Crippen LogP contribution is -2.32. The van der Waals surface area contributed by atoms with Crippen LogP contribution >= 0.6 is 0 Å². The van der Waals surface area contributed by atoms with Crippen molar-refractivity contribution in [1.29, 1.82) is 0 Å². The monoisotopic (exact) mass is 494 g/mol. The maximum atomic E-state index is 13.5. The molecule has 190 valence electrons. The highest BCUT2D eigenvalue weighted by atomic mass is 19.1. The van der Waals surface area contributed by atoms with E-state index in [-0.39, 0.29) is 17.5 Å². The second kappa shape index (κ2) is 10.2. The first kappa shape index (κ1) is 24.1. The summed E-state index contributed by atoms with van der Waals surface area (Å²) >= 11 is 0. The zero-order valence-electron chi connectivity index (χ0n) is 20.2. The summed E-state index contributed by atoms with van der Waals surface area (Å²) in [6.07, 6.45) is 9.22. The highest BCUT2D eigenvalue weighted by Gasteiger charge is 2.27. The average Bonchev–Trinajstić information content (AvgIpc) is 3.55. The Morgan fingerprint density at radius 3 is 2.53 bits per heavy atom. The molecule has 3 aromatic rings. The number of aromatic nitrogens is 4. The predicted octanol–water partition coefficient (Wildman–Crippen LogP) is 3.37. The molecule has 1 amide bonds. The second-order valence-electron chi connectivity index (χ2n) is 9.88. The van der Waals surface area contributed by atoms with Crippen molar-refractivity contribution in [1.82, 2.24) is 19.6 Å². The molecule has 10 nitrogen and oxygen atoms in total. The van der Waals surface area contributed by atoms with Gasteiger partial charge in [-0.05, 0) is 57.4 Å². The van der Waals surface area contributed by atoms with E-state index in [9.17, 15) is 14.0 Å².